The number of amides is 1. The Kier molecular flexibility index (Phi) is 5.29. The van der Waals surface area contributed by atoms with Crippen LogP contribution in [0.25, 0.3) is 0 Å². The predicted molar refractivity (Wildman–Crippen MR) is 93.2 cm³/mol. The molecule has 1 atom stereocenters. The first kappa shape index (κ1) is 17.3. The van der Waals surface area contributed by atoms with E-state index in [2.05, 4.69) is 5.32 Å². The second-order valence-corrected chi connectivity index (χ2v) is 6.02. The average molecular weight is 351 g/mol. The molecule has 6 heteroatoms. The van der Waals surface area contributed by atoms with Crippen molar-refractivity contribution in [3.8, 4) is 0 Å². The van der Waals surface area contributed by atoms with Gasteiger partial charge in [-0.2, -0.15) is 0 Å². The third kappa shape index (κ3) is 3.84. The molecule has 0 aliphatic rings. The molecule has 1 amide bonds. The molecule has 0 aliphatic carbocycles. The zero-order chi connectivity index (χ0) is 17.1. The van der Waals surface area contributed by atoms with E-state index in [4.69, 9.17) is 28.9 Å². The Morgan fingerprint density at radius 3 is 2.26 bits per heavy atom. The number of ketones is 1. The molecule has 23 heavy (non-hydrogen) atoms. The number of carbonyl (C=O) groups excluding carboxylic acids is 2. The largest absolute Gasteiger partial charge is 0.370 e. The zero-order valence-corrected chi connectivity index (χ0v) is 14.2. The summed E-state index contributed by atoms with van der Waals surface area (Å²) in [7, 11) is 0. The van der Waals surface area contributed by atoms with E-state index in [-0.39, 0.29) is 5.78 Å². The number of anilines is 1. The first-order valence-electron chi connectivity index (χ1n) is 6.92. The van der Waals surface area contributed by atoms with Gasteiger partial charge in [0, 0.05) is 26.9 Å². The summed E-state index contributed by atoms with van der Waals surface area (Å²) in [6, 6.07) is 9.26. The van der Waals surface area contributed by atoms with E-state index >= 15 is 0 Å². The van der Waals surface area contributed by atoms with Gasteiger partial charge in [-0.3, -0.25) is 9.59 Å². The SMILES string of the molecule is CC(=O)c1ccc(C)c(NC(C(N)=O)c2c(Cl)cccc2Cl)c1. The molecule has 0 aromatic heterocycles. The summed E-state index contributed by atoms with van der Waals surface area (Å²) in [5, 5.41) is 3.73. The summed E-state index contributed by atoms with van der Waals surface area (Å²) in [5.74, 6) is -0.688. The fourth-order valence-electron chi connectivity index (χ4n) is 2.22. The molecule has 0 saturated carbocycles. The van der Waals surface area contributed by atoms with Gasteiger partial charge in [-0.15, -0.1) is 0 Å². The lowest BCUT2D eigenvalue weighted by molar-refractivity contribution is -0.118. The van der Waals surface area contributed by atoms with Crippen molar-refractivity contribution < 1.29 is 9.59 Å². The van der Waals surface area contributed by atoms with E-state index in [9.17, 15) is 9.59 Å². The van der Waals surface area contributed by atoms with Crippen LogP contribution in [0.4, 0.5) is 5.69 Å². The van der Waals surface area contributed by atoms with Crippen molar-refractivity contribution in [2.75, 3.05) is 5.32 Å². The molecular formula is C17H16Cl2N2O2. The van der Waals surface area contributed by atoms with Gasteiger partial charge in [0.15, 0.2) is 5.78 Å². The lowest BCUT2D eigenvalue weighted by Crippen LogP contribution is -2.28. The maximum atomic E-state index is 11.9. The molecule has 0 fully saturated rings. The maximum absolute atomic E-state index is 11.9. The molecule has 1 unspecified atom stereocenters. The van der Waals surface area contributed by atoms with Crippen LogP contribution in [0.2, 0.25) is 10.0 Å². The van der Waals surface area contributed by atoms with Crippen LogP contribution in [0.5, 0.6) is 0 Å². The van der Waals surface area contributed by atoms with Gasteiger partial charge in [0.2, 0.25) is 5.91 Å². The van der Waals surface area contributed by atoms with Crippen LogP contribution >= 0.6 is 23.2 Å². The van der Waals surface area contributed by atoms with E-state index in [1.165, 1.54) is 6.92 Å². The third-order valence-corrected chi connectivity index (χ3v) is 4.18. The first-order valence-corrected chi connectivity index (χ1v) is 7.68. The van der Waals surface area contributed by atoms with Crippen molar-refractivity contribution >= 4 is 40.6 Å². The van der Waals surface area contributed by atoms with Crippen molar-refractivity contribution in [3.63, 3.8) is 0 Å². The quantitative estimate of drug-likeness (QED) is 0.795. The molecule has 0 saturated heterocycles. The fraction of sp³-hybridized carbons (Fsp3) is 0.176. The van der Waals surface area contributed by atoms with E-state index in [1.54, 1.807) is 36.4 Å². The molecule has 120 valence electrons. The van der Waals surface area contributed by atoms with Gasteiger partial charge >= 0.3 is 0 Å². The Balaban J connectivity index is 2.48. The molecule has 4 nitrogen and oxygen atoms in total. The van der Waals surface area contributed by atoms with E-state index in [0.717, 1.165) is 5.56 Å². The molecular weight excluding hydrogens is 335 g/mol. The van der Waals surface area contributed by atoms with Crippen LogP contribution < -0.4 is 11.1 Å². The number of carbonyl (C=O) groups is 2. The zero-order valence-electron chi connectivity index (χ0n) is 12.7. The minimum Gasteiger partial charge on any atom is -0.370 e. The summed E-state index contributed by atoms with van der Waals surface area (Å²) in [6.45, 7) is 3.34. The first-order chi connectivity index (χ1) is 10.8. The molecule has 2 aromatic rings. The highest BCUT2D eigenvalue weighted by Crippen LogP contribution is 2.33. The smallest absolute Gasteiger partial charge is 0.244 e. The molecule has 0 radical (unpaired) electrons. The molecule has 3 N–H and O–H groups in total. The molecule has 0 spiro atoms. The Morgan fingerprint density at radius 1 is 1.13 bits per heavy atom. The number of aryl methyl sites for hydroxylation is 1. The standard InChI is InChI=1S/C17H16Cl2N2O2/c1-9-6-7-11(10(2)22)8-14(9)21-16(17(20)23)15-12(18)4-3-5-13(15)19/h3-8,16,21H,1-2H3,(H2,20,23). The second kappa shape index (κ2) is 7.02. The number of hydrogen-bond donors (Lipinski definition) is 2. The van der Waals surface area contributed by atoms with Gasteiger partial charge in [0.05, 0.1) is 0 Å². The number of nitrogens with two attached hydrogens (primary N) is 1. The van der Waals surface area contributed by atoms with Crippen LogP contribution in [0, 0.1) is 6.92 Å². The summed E-state index contributed by atoms with van der Waals surface area (Å²) in [6.07, 6.45) is 0. The molecule has 2 aromatic carbocycles. The Labute approximate surface area is 144 Å². The summed E-state index contributed by atoms with van der Waals surface area (Å²) < 4.78 is 0. The lowest BCUT2D eigenvalue weighted by atomic mass is 10.0. The molecule has 0 heterocycles. The van der Waals surface area contributed by atoms with Crippen molar-refractivity contribution in [1.82, 2.24) is 0 Å². The van der Waals surface area contributed by atoms with Crippen molar-refractivity contribution in [2.45, 2.75) is 19.9 Å². The highest BCUT2D eigenvalue weighted by molar-refractivity contribution is 6.36. The van der Waals surface area contributed by atoms with Gasteiger partial charge in [-0.05, 0) is 37.6 Å². The van der Waals surface area contributed by atoms with E-state index in [0.29, 0.717) is 26.9 Å². The number of primary amides is 1. The lowest BCUT2D eigenvalue weighted by Gasteiger charge is -2.21. The number of nitrogens with one attached hydrogen (secondary N) is 1. The average Bonchev–Trinajstić information content (AvgIpc) is 2.47. The Bertz CT molecular complexity index is 755. The normalized spacial score (nSPS) is 11.8. The Hall–Kier alpha value is -2.04. The van der Waals surface area contributed by atoms with Crippen LogP contribution in [-0.2, 0) is 4.79 Å². The molecule has 0 aliphatic heterocycles. The number of Topliss-reactive ketones (excluding diaryl/α,β-unsaturated/α-hetero) is 1. The predicted octanol–water partition coefficient (Wildman–Crippen LogP) is 4.14. The molecule has 0 bridgehead atoms. The van der Waals surface area contributed by atoms with Gasteiger partial charge in [-0.1, -0.05) is 41.4 Å². The monoisotopic (exact) mass is 350 g/mol. The van der Waals surface area contributed by atoms with Gasteiger partial charge in [-0.25, -0.2) is 0 Å². The van der Waals surface area contributed by atoms with Crippen LogP contribution in [0.15, 0.2) is 36.4 Å². The number of rotatable bonds is 5. The number of hydrogen-bond acceptors (Lipinski definition) is 3. The second-order valence-electron chi connectivity index (χ2n) is 5.20. The summed E-state index contributed by atoms with van der Waals surface area (Å²) in [4.78, 5) is 23.5. The van der Waals surface area contributed by atoms with Crippen molar-refractivity contribution in [1.29, 1.82) is 0 Å². The summed E-state index contributed by atoms with van der Waals surface area (Å²) in [5.41, 5.74) is 7.95. The van der Waals surface area contributed by atoms with Crippen LogP contribution in [0.1, 0.15) is 34.5 Å². The fourth-order valence-corrected chi connectivity index (χ4v) is 2.84. The third-order valence-electron chi connectivity index (χ3n) is 3.52. The van der Waals surface area contributed by atoms with Gasteiger partial charge < -0.3 is 11.1 Å². The summed E-state index contributed by atoms with van der Waals surface area (Å²) >= 11 is 12.3. The van der Waals surface area contributed by atoms with Crippen molar-refractivity contribution in [3.05, 3.63) is 63.1 Å². The van der Waals surface area contributed by atoms with E-state index < -0.39 is 11.9 Å². The Morgan fingerprint density at radius 2 is 1.74 bits per heavy atom. The maximum Gasteiger partial charge on any atom is 0.244 e. The van der Waals surface area contributed by atoms with Crippen molar-refractivity contribution in [2.24, 2.45) is 5.73 Å². The van der Waals surface area contributed by atoms with Gasteiger partial charge in [0.25, 0.3) is 0 Å². The van der Waals surface area contributed by atoms with E-state index in [1.807, 2.05) is 6.92 Å². The van der Waals surface area contributed by atoms with Gasteiger partial charge in [0.1, 0.15) is 6.04 Å². The topological polar surface area (TPSA) is 72.2 Å². The number of halogens is 2. The minimum absolute atomic E-state index is 0.0700. The number of benzene rings is 2. The minimum atomic E-state index is -0.905. The highest BCUT2D eigenvalue weighted by Gasteiger charge is 2.24. The van der Waals surface area contributed by atoms with Crippen LogP contribution in [-0.4, -0.2) is 11.7 Å². The molecule has 2 rings (SSSR count). The van der Waals surface area contributed by atoms with Crippen LogP contribution in [0.3, 0.4) is 0 Å². The highest BCUT2D eigenvalue weighted by atomic mass is 35.5.